The molecule has 0 radical (unpaired) electrons. The molecule has 0 fully saturated rings. The third-order valence-electron chi connectivity index (χ3n) is 3.56. The van der Waals surface area contributed by atoms with Crippen molar-refractivity contribution in [2.45, 2.75) is 32.7 Å². The van der Waals surface area contributed by atoms with Crippen LogP contribution in [0.25, 0.3) is 11.0 Å². The van der Waals surface area contributed by atoms with E-state index in [1.807, 2.05) is 13.1 Å². The SMILES string of the molecule is CCC1CNCc2cc3ncc(C)nc3cc21. The zero-order valence-corrected chi connectivity index (χ0v) is 10.3. The molecule has 1 atom stereocenters. The maximum Gasteiger partial charge on any atom is 0.0893 e. The lowest BCUT2D eigenvalue weighted by molar-refractivity contribution is 0.531. The molecule has 3 nitrogen and oxygen atoms in total. The maximum absolute atomic E-state index is 4.57. The van der Waals surface area contributed by atoms with Crippen LogP contribution in [-0.2, 0) is 6.54 Å². The zero-order chi connectivity index (χ0) is 11.8. The van der Waals surface area contributed by atoms with Crippen LogP contribution < -0.4 is 5.32 Å². The van der Waals surface area contributed by atoms with Crippen molar-refractivity contribution in [1.29, 1.82) is 0 Å². The van der Waals surface area contributed by atoms with Crippen molar-refractivity contribution in [3.05, 3.63) is 35.2 Å². The first kappa shape index (κ1) is 10.7. The smallest absolute Gasteiger partial charge is 0.0893 e. The number of hydrogen-bond acceptors (Lipinski definition) is 3. The molecule has 88 valence electrons. The van der Waals surface area contributed by atoms with E-state index in [1.54, 1.807) is 0 Å². The molecular weight excluding hydrogens is 210 g/mol. The van der Waals surface area contributed by atoms with Crippen LogP contribution in [0.3, 0.4) is 0 Å². The molecule has 2 heterocycles. The lowest BCUT2D eigenvalue weighted by Crippen LogP contribution is -2.27. The number of nitrogens with zero attached hydrogens (tertiary/aromatic N) is 2. The van der Waals surface area contributed by atoms with Crippen molar-refractivity contribution in [3.63, 3.8) is 0 Å². The lowest BCUT2D eigenvalue weighted by atomic mass is 9.88. The molecule has 1 N–H and O–H groups in total. The van der Waals surface area contributed by atoms with Crippen LogP contribution in [0.15, 0.2) is 18.3 Å². The first-order chi connectivity index (χ1) is 8.28. The number of benzene rings is 1. The Morgan fingerprint density at radius 2 is 2.24 bits per heavy atom. The highest BCUT2D eigenvalue weighted by Gasteiger charge is 2.19. The Balaban J connectivity index is 2.21. The Morgan fingerprint density at radius 3 is 3.06 bits per heavy atom. The predicted molar refractivity (Wildman–Crippen MR) is 69.0 cm³/mol. The van der Waals surface area contributed by atoms with Crippen LogP contribution in [0.2, 0.25) is 0 Å². The van der Waals surface area contributed by atoms with E-state index in [2.05, 4.69) is 34.3 Å². The highest BCUT2D eigenvalue weighted by Crippen LogP contribution is 2.29. The Labute approximate surface area is 101 Å². The molecular formula is C14H17N3. The van der Waals surface area contributed by atoms with E-state index in [-0.39, 0.29) is 0 Å². The molecule has 1 aliphatic rings. The number of fused-ring (bicyclic) bond motifs is 2. The highest BCUT2D eigenvalue weighted by atomic mass is 14.9. The minimum atomic E-state index is 0.616. The normalized spacial score (nSPS) is 19.3. The number of hydrogen-bond donors (Lipinski definition) is 1. The second-order valence-electron chi connectivity index (χ2n) is 4.79. The van der Waals surface area contributed by atoms with Crippen molar-refractivity contribution in [2.24, 2.45) is 0 Å². The standard InChI is InChI=1S/C14H17N3/c1-3-10-7-15-8-11-4-13-14(5-12(10)11)17-9(2)6-16-13/h4-6,10,15H,3,7-8H2,1-2H3. The van der Waals surface area contributed by atoms with Crippen molar-refractivity contribution in [1.82, 2.24) is 15.3 Å². The summed E-state index contributed by atoms with van der Waals surface area (Å²) in [5.74, 6) is 0.616. The summed E-state index contributed by atoms with van der Waals surface area (Å²) < 4.78 is 0. The molecule has 1 aliphatic heterocycles. The maximum atomic E-state index is 4.57. The summed E-state index contributed by atoms with van der Waals surface area (Å²) in [5.41, 5.74) is 5.86. The summed E-state index contributed by atoms with van der Waals surface area (Å²) in [6, 6.07) is 4.42. The predicted octanol–water partition coefficient (Wildman–Crippen LogP) is 2.54. The molecule has 2 aromatic rings. The molecule has 1 unspecified atom stereocenters. The van der Waals surface area contributed by atoms with Gasteiger partial charge in [-0.1, -0.05) is 6.92 Å². The quantitative estimate of drug-likeness (QED) is 0.813. The fourth-order valence-corrected chi connectivity index (χ4v) is 2.60. The van der Waals surface area contributed by atoms with E-state index in [4.69, 9.17) is 0 Å². The minimum absolute atomic E-state index is 0.616. The first-order valence-electron chi connectivity index (χ1n) is 6.25. The molecule has 0 bridgehead atoms. The Bertz CT molecular complexity index is 563. The van der Waals surface area contributed by atoms with Crippen LogP contribution in [0.5, 0.6) is 0 Å². The van der Waals surface area contributed by atoms with Gasteiger partial charge >= 0.3 is 0 Å². The second kappa shape index (κ2) is 4.08. The largest absolute Gasteiger partial charge is 0.312 e. The van der Waals surface area contributed by atoms with Crippen molar-refractivity contribution < 1.29 is 0 Å². The summed E-state index contributed by atoms with van der Waals surface area (Å²) in [5, 5.41) is 3.47. The van der Waals surface area contributed by atoms with Gasteiger partial charge in [0.05, 0.1) is 16.7 Å². The zero-order valence-electron chi connectivity index (χ0n) is 10.3. The van der Waals surface area contributed by atoms with Crippen molar-refractivity contribution >= 4 is 11.0 Å². The lowest BCUT2D eigenvalue weighted by Gasteiger charge is -2.25. The van der Waals surface area contributed by atoms with Gasteiger partial charge in [-0.2, -0.15) is 0 Å². The Hall–Kier alpha value is -1.48. The molecule has 0 amide bonds. The van der Waals surface area contributed by atoms with Gasteiger partial charge in [-0.05, 0) is 42.5 Å². The van der Waals surface area contributed by atoms with Gasteiger partial charge in [0.25, 0.3) is 0 Å². The summed E-state index contributed by atoms with van der Waals surface area (Å²) in [4.78, 5) is 9.02. The van der Waals surface area contributed by atoms with Gasteiger partial charge in [-0.3, -0.25) is 4.98 Å². The van der Waals surface area contributed by atoms with Crippen molar-refractivity contribution in [2.75, 3.05) is 6.54 Å². The van der Waals surface area contributed by atoms with Gasteiger partial charge < -0.3 is 5.32 Å². The third kappa shape index (κ3) is 1.80. The van der Waals surface area contributed by atoms with Crippen LogP contribution in [0.4, 0.5) is 0 Å². The average molecular weight is 227 g/mol. The molecule has 3 rings (SSSR count). The summed E-state index contributed by atoms with van der Waals surface area (Å²) in [7, 11) is 0. The molecule has 0 saturated carbocycles. The fraction of sp³-hybridized carbons (Fsp3) is 0.429. The topological polar surface area (TPSA) is 37.8 Å². The molecule has 0 saturated heterocycles. The van der Waals surface area contributed by atoms with Gasteiger partial charge in [0, 0.05) is 19.3 Å². The summed E-state index contributed by atoms with van der Waals surface area (Å²) >= 11 is 0. The van der Waals surface area contributed by atoms with Crippen LogP contribution in [0.1, 0.15) is 36.1 Å². The van der Waals surface area contributed by atoms with Gasteiger partial charge in [-0.15, -0.1) is 0 Å². The highest BCUT2D eigenvalue weighted by molar-refractivity contribution is 5.76. The number of nitrogens with one attached hydrogen (secondary N) is 1. The van der Waals surface area contributed by atoms with E-state index in [1.165, 1.54) is 17.5 Å². The van der Waals surface area contributed by atoms with Crippen LogP contribution >= 0.6 is 0 Å². The number of aromatic nitrogens is 2. The Morgan fingerprint density at radius 1 is 1.35 bits per heavy atom. The first-order valence-corrected chi connectivity index (χ1v) is 6.25. The Kier molecular flexibility index (Phi) is 2.56. The number of rotatable bonds is 1. The third-order valence-corrected chi connectivity index (χ3v) is 3.56. The van der Waals surface area contributed by atoms with Gasteiger partial charge in [0.15, 0.2) is 0 Å². The fourth-order valence-electron chi connectivity index (χ4n) is 2.60. The second-order valence-corrected chi connectivity index (χ2v) is 4.79. The molecule has 1 aromatic carbocycles. The minimum Gasteiger partial charge on any atom is -0.312 e. The van der Waals surface area contributed by atoms with E-state index in [9.17, 15) is 0 Å². The van der Waals surface area contributed by atoms with Gasteiger partial charge in [0.1, 0.15) is 0 Å². The molecule has 0 spiro atoms. The summed E-state index contributed by atoms with van der Waals surface area (Å²) in [6.07, 6.45) is 3.01. The van der Waals surface area contributed by atoms with Crippen molar-refractivity contribution in [3.8, 4) is 0 Å². The van der Waals surface area contributed by atoms with E-state index >= 15 is 0 Å². The number of aryl methyl sites for hydroxylation is 1. The monoisotopic (exact) mass is 227 g/mol. The average Bonchev–Trinajstić information content (AvgIpc) is 2.35. The van der Waals surface area contributed by atoms with E-state index in [0.717, 1.165) is 29.8 Å². The molecule has 1 aromatic heterocycles. The summed E-state index contributed by atoms with van der Waals surface area (Å²) in [6.45, 7) is 6.27. The van der Waals surface area contributed by atoms with Crippen LogP contribution in [0, 0.1) is 6.92 Å². The van der Waals surface area contributed by atoms with E-state index in [0.29, 0.717) is 5.92 Å². The molecule has 17 heavy (non-hydrogen) atoms. The van der Waals surface area contributed by atoms with Gasteiger partial charge in [0.2, 0.25) is 0 Å². The molecule has 0 aliphatic carbocycles. The van der Waals surface area contributed by atoms with Gasteiger partial charge in [-0.25, -0.2) is 4.98 Å². The van der Waals surface area contributed by atoms with Crippen LogP contribution in [-0.4, -0.2) is 16.5 Å². The van der Waals surface area contributed by atoms with E-state index < -0.39 is 0 Å². The molecule has 3 heteroatoms.